The van der Waals surface area contributed by atoms with E-state index in [0.717, 1.165) is 18.2 Å². The molecule has 24 heavy (non-hydrogen) atoms. The van der Waals surface area contributed by atoms with Crippen molar-refractivity contribution in [3.05, 3.63) is 54.1 Å². The van der Waals surface area contributed by atoms with Gasteiger partial charge in [-0.15, -0.1) is 0 Å². The molecule has 0 saturated heterocycles. The molecular weight excluding hydrogens is 318 g/mol. The molecule has 2 rings (SSSR count). The van der Waals surface area contributed by atoms with Gasteiger partial charge in [0.15, 0.2) is 11.6 Å². The smallest absolute Gasteiger partial charge is 0.314 e. The number of halogens is 2. The highest BCUT2D eigenvalue weighted by Gasteiger charge is 2.15. The second-order valence-electron chi connectivity index (χ2n) is 5.23. The van der Waals surface area contributed by atoms with Crippen LogP contribution in [-0.4, -0.2) is 17.9 Å². The summed E-state index contributed by atoms with van der Waals surface area (Å²) in [6, 6.07) is 9.28. The lowest BCUT2D eigenvalue weighted by molar-refractivity contribution is -0.133. The minimum atomic E-state index is -1.12. The summed E-state index contributed by atoms with van der Waals surface area (Å²) < 4.78 is 31.3. The summed E-state index contributed by atoms with van der Waals surface area (Å²) in [6.07, 6.45) is 0.0207. The van der Waals surface area contributed by atoms with Gasteiger partial charge in [0, 0.05) is 17.4 Å². The number of nitrogens with one attached hydrogen (secondary N) is 2. The second-order valence-corrected chi connectivity index (χ2v) is 5.23. The summed E-state index contributed by atoms with van der Waals surface area (Å²) in [5.74, 6) is -3.45. The van der Waals surface area contributed by atoms with Crippen LogP contribution in [-0.2, 0) is 9.59 Å². The number of hydrogen-bond acceptors (Lipinski definition) is 3. The monoisotopic (exact) mass is 334 g/mol. The highest BCUT2D eigenvalue weighted by atomic mass is 19.2. The number of hydrogen-bond donors (Lipinski definition) is 2. The highest BCUT2D eigenvalue weighted by molar-refractivity contribution is 6.43. The maximum Gasteiger partial charge on any atom is 0.314 e. The fourth-order valence-corrected chi connectivity index (χ4v) is 1.84. The summed E-state index contributed by atoms with van der Waals surface area (Å²) in [7, 11) is 0. The van der Waals surface area contributed by atoms with Gasteiger partial charge >= 0.3 is 11.8 Å². The molecule has 7 heteroatoms. The van der Waals surface area contributed by atoms with Crippen molar-refractivity contribution in [1.82, 2.24) is 0 Å². The Morgan fingerprint density at radius 2 is 1.42 bits per heavy atom. The normalized spacial score (nSPS) is 10.4. The number of carbonyl (C=O) groups is 2. The summed E-state index contributed by atoms with van der Waals surface area (Å²) in [4.78, 5) is 23.6. The number of carbonyl (C=O) groups excluding carboxylic acids is 2. The maximum absolute atomic E-state index is 13.1. The van der Waals surface area contributed by atoms with Gasteiger partial charge in [-0.3, -0.25) is 9.59 Å². The number of rotatable bonds is 4. The quantitative estimate of drug-likeness (QED) is 0.843. The number of anilines is 2. The molecule has 0 aliphatic rings. The van der Waals surface area contributed by atoms with Crippen LogP contribution in [0, 0.1) is 11.6 Å². The van der Waals surface area contributed by atoms with E-state index >= 15 is 0 Å². The van der Waals surface area contributed by atoms with Crippen molar-refractivity contribution in [2.45, 2.75) is 20.0 Å². The molecule has 2 aromatic rings. The molecule has 126 valence electrons. The Kier molecular flexibility index (Phi) is 5.47. The third-order valence-corrected chi connectivity index (χ3v) is 2.87. The molecule has 2 amide bonds. The molecule has 0 heterocycles. The molecule has 2 aromatic carbocycles. The fourth-order valence-electron chi connectivity index (χ4n) is 1.84. The summed E-state index contributed by atoms with van der Waals surface area (Å²) in [5.41, 5.74) is 0.381. The fraction of sp³-hybridized carbons (Fsp3) is 0.176. The Morgan fingerprint density at radius 3 is 1.96 bits per heavy atom. The number of benzene rings is 2. The third kappa shape index (κ3) is 4.77. The van der Waals surface area contributed by atoms with Crippen LogP contribution in [0.25, 0.3) is 0 Å². The van der Waals surface area contributed by atoms with Gasteiger partial charge in [-0.25, -0.2) is 8.78 Å². The molecule has 0 aromatic heterocycles. The van der Waals surface area contributed by atoms with Crippen molar-refractivity contribution in [3.63, 3.8) is 0 Å². The number of amides is 2. The first kappa shape index (κ1) is 17.4. The van der Waals surface area contributed by atoms with Gasteiger partial charge in [-0.1, -0.05) is 0 Å². The molecule has 0 unspecified atom stereocenters. The van der Waals surface area contributed by atoms with E-state index in [9.17, 15) is 18.4 Å². The van der Waals surface area contributed by atoms with Gasteiger partial charge in [0.25, 0.3) is 0 Å². The lowest BCUT2D eigenvalue weighted by Crippen LogP contribution is -2.29. The van der Waals surface area contributed by atoms with Crippen LogP contribution in [0.2, 0.25) is 0 Å². The summed E-state index contributed by atoms with van der Waals surface area (Å²) in [5, 5.41) is 4.58. The molecule has 0 aliphatic carbocycles. The largest absolute Gasteiger partial charge is 0.491 e. The first-order valence-corrected chi connectivity index (χ1v) is 7.19. The average molecular weight is 334 g/mol. The van der Waals surface area contributed by atoms with Crippen molar-refractivity contribution < 1.29 is 23.1 Å². The Labute approximate surface area is 137 Å². The Hall–Kier alpha value is -2.96. The SMILES string of the molecule is CC(C)Oc1ccc(NC(=O)C(=O)Nc2ccc(F)c(F)c2)cc1. The molecule has 0 aliphatic heterocycles. The van der Waals surface area contributed by atoms with Crippen LogP contribution in [0.15, 0.2) is 42.5 Å². The zero-order valence-electron chi connectivity index (χ0n) is 13.1. The van der Waals surface area contributed by atoms with Gasteiger partial charge in [-0.2, -0.15) is 0 Å². The van der Waals surface area contributed by atoms with E-state index < -0.39 is 23.4 Å². The van der Waals surface area contributed by atoms with Crippen LogP contribution in [0.4, 0.5) is 20.2 Å². The first-order chi connectivity index (χ1) is 11.3. The van der Waals surface area contributed by atoms with Crippen molar-refractivity contribution in [1.29, 1.82) is 0 Å². The van der Waals surface area contributed by atoms with Crippen LogP contribution < -0.4 is 15.4 Å². The second kappa shape index (κ2) is 7.54. The lowest BCUT2D eigenvalue weighted by atomic mass is 10.3. The van der Waals surface area contributed by atoms with E-state index in [2.05, 4.69) is 10.6 Å². The van der Waals surface area contributed by atoms with Crippen LogP contribution >= 0.6 is 0 Å². The topological polar surface area (TPSA) is 67.4 Å². The third-order valence-electron chi connectivity index (χ3n) is 2.87. The van der Waals surface area contributed by atoms with Crippen molar-refractivity contribution >= 4 is 23.2 Å². The Balaban J connectivity index is 1.95. The predicted octanol–water partition coefficient (Wildman–Crippen LogP) is 3.33. The molecule has 0 saturated carbocycles. The van der Waals surface area contributed by atoms with E-state index in [4.69, 9.17) is 4.74 Å². The number of ether oxygens (including phenoxy) is 1. The zero-order chi connectivity index (χ0) is 17.7. The zero-order valence-corrected chi connectivity index (χ0v) is 13.1. The van der Waals surface area contributed by atoms with E-state index in [1.165, 1.54) is 0 Å². The average Bonchev–Trinajstić information content (AvgIpc) is 2.52. The van der Waals surface area contributed by atoms with Gasteiger partial charge in [-0.05, 0) is 50.2 Å². The highest BCUT2D eigenvalue weighted by Crippen LogP contribution is 2.17. The van der Waals surface area contributed by atoms with Gasteiger partial charge < -0.3 is 15.4 Å². The molecule has 0 fully saturated rings. The molecule has 2 N–H and O–H groups in total. The molecule has 0 spiro atoms. The van der Waals surface area contributed by atoms with E-state index in [1.54, 1.807) is 24.3 Å². The van der Waals surface area contributed by atoms with Crippen molar-refractivity contribution in [2.75, 3.05) is 10.6 Å². The van der Waals surface area contributed by atoms with E-state index in [0.29, 0.717) is 11.4 Å². The van der Waals surface area contributed by atoms with Crippen LogP contribution in [0.3, 0.4) is 0 Å². The molecule has 5 nitrogen and oxygen atoms in total. The van der Waals surface area contributed by atoms with Gasteiger partial charge in [0.1, 0.15) is 5.75 Å². The summed E-state index contributed by atoms with van der Waals surface area (Å²) >= 11 is 0. The Bertz CT molecular complexity index is 746. The molecule has 0 bridgehead atoms. The van der Waals surface area contributed by atoms with Crippen LogP contribution in [0.5, 0.6) is 5.75 Å². The van der Waals surface area contributed by atoms with Crippen LogP contribution in [0.1, 0.15) is 13.8 Å². The predicted molar refractivity (Wildman–Crippen MR) is 85.8 cm³/mol. The van der Waals surface area contributed by atoms with Crippen molar-refractivity contribution in [2.24, 2.45) is 0 Å². The first-order valence-electron chi connectivity index (χ1n) is 7.19. The molecule has 0 atom stereocenters. The Morgan fingerprint density at radius 1 is 0.875 bits per heavy atom. The molecular formula is C17H16F2N2O3. The minimum Gasteiger partial charge on any atom is -0.491 e. The van der Waals surface area contributed by atoms with Crippen molar-refractivity contribution in [3.8, 4) is 5.75 Å². The summed E-state index contributed by atoms with van der Waals surface area (Å²) in [6.45, 7) is 3.77. The minimum absolute atomic E-state index is 0.0188. The van der Waals surface area contributed by atoms with E-state index in [1.807, 2.05) is 13.8 Å². The standard InChI is InChI=1S/C17H16F2N2O3/c1-10(2)24-13-6-3-11(4-7-13)20-16(22)17(23)21-12-5-8-14(18)15(19)9-12/h3-10H,1-2H3,(H,20,22)(H,21,23). The maximum atomic E-state index is 13.1. The molecule has 0 radical (unpaired) electrons. The van der Waals surface area contributed by atoms with Gasteiger partial charge in [0.2, 0.25) is 0 Å². The van der Waals surface area contributed by atoms with E-state index in [-0.39, 0.29) is 11.8 Å². The lowest BCUT2D eigenvalue weighted by Gasteiger charge is -2.10. The van der Waals surface area contributed by atoms with Gasteiger partial charge in [0.05, 0.1) is 6.10 Å².